The van der Waals surface area contributed by atoms with Crippen LogP contribution >= 0.6 is 0 Å². The maximum absolute atomic E-state index is 5.70. The third-order valence-corrected chi connectivity index (χ3v) is 4.87. The molecule has 0 amide bonds. The van der Waals surface area contributed by atoms with Gasteiger partial charge in [-0.1, -0.05) is 42.1 Å². The highest BCUT2D eigenvalue weighted by Gasteiger charge is 2.19. The van der Waals surface area contributed by atoms with Crippen molar-refractivity contribution in [3.63, 3.8) is 0 Å². The molecule has 4 rings (SSSR count). The summed E-state index contributed by atoms with van der Waals surface area (Å²) in [7, 11) is 0. The van der Waals surface area contributed by atoms with Crippen molar-refractivity contribution in [2.24, 2.45) is 11.1 Å². The van der Waals surface area contributed by atoms with Crippen molar-refractivity contribution in [3.8, 4) is 11.8 Å². The van der Waals surface area contributed by atoms with Gasteiger partial charge in [0, 0.05) is 35.6 Å². The predicted octanol–water partition coefficient (Wildman–Crippen LogP) is 4.61. The van der Waals surface area contributed by atoms with Gasteiger partial charge in [0.05, 0.1) is 18.1 Å². The molecule has 1 unspecified atom stereocenters. The van der Waals surface area contributed by atoms with Crippen molar-refractivity contribution in [1.82, 2.24) is 14.5 Å². The summed E-state index contributed by atoms with van der Waals surface area (Å²) in [5, 5.41) is 4.52. The zero-order chi connectivity index (χ0) is 19.9. The zero-order valence-corrected chi connectivity index (χ0v) is 16.5. The number of rotatable bonds is 7. The lowest BCUT2D eigenvalue weighted by molar-refractivity contribution is 0.126. The lowest BCUT2D eigenvalue weighted by Gasteiger charge is -2.19. The molecule has 1 aliphatic rings. The fourth-order valence-electron chi connectivity index (χ4n) is 3.09. The summed E-state index contributed by atoms with van der Waals surface area (Å²) in [6.07, 6.45) is 10.6. The minimum atomic E-state index is 0.0321. The van der Waals surface area contributed by atoms with Gasteiger partial charge in [-0.05, 0) is 43.5 Å². The van der Waals surface area contributed by atoms with E-state index in [1.54, 1.807) is 12.4 Å². The van der Waals surface area contributed by atoms with Crippen molar-refractivity contribution in [1.29, 1.82) is 0 Å². The number of nitrogens with zero attached hydrogens (tertiary/aromatic N) is 4. The minimum Gasteiger partial charge on any atom is -0.389 e. The van der Waals surface area contributed by atoms with Gasteiger partial charge in [0.2, 0.25) is 0 Å². The van der Waals surface area contributed by atoms with Crippen LogP contribution in [0, 0.1) is 17.8 Å². The largest absolute Gasteiger partial charge is 0.389 e. The standard InChI is InChI=1S/C24H24N4O/c1-2-23(28-16-15-25-18-28)24(27-29-17-22-5-3-4-14-26-22)21-12-10-20(11-13-21)9-8-19-6-7-19/h3-5,10-16,18-19,23H,2,6-7,17H2,1H3/b27-24-. The van der Waals surface area contributed by atoms with Crippen LogP contribution in [-0.2, 0) is 11.4 Å². The highest BCUT2D eigenvalue weighted by atomic mass is 16.6. The Morgan fingerprint density at radius 2 is 2.07 bits per heavy atom. The zero-order valence-electron chi connectivity index (χ0n) is 16.5. The predicted molar refractivity (Wildman–Crippen MR) is 113 cm³/mol. The van der Waals surface area contributed by atoms with Crippen molar-refractivity contribution < 1.29 is 4.84 Å². The molecule has 146 valence electrons. The number of benzene rings is 1. The molecule has 0 bridgehead atoms. The monoisotopic (exact) mass is 384 g/mol. The number of oxime groups is 1. The molecule has 2 aromatic heterocycles. The van der Waals surface area contributed by atoms with Gasteiger partial charge < -0.3 is 9.40 Å². The van der Waals surface area contributed by atoms with Gasteiger partial charge >= 0.3 is 0 Å². The van der Waals surface area contributed by atoms with Crippen LogP contribution in [-0.4, -0.2) is 20.2 Å². The fourth-order valence-corrected chi connectivity index (χ4v) is 3.09. The summed E-state index contributed by atoms with van der Waals surface area (Å²) in [6, 6.07) is 14.0. The van der Waals surface area contributed by atoms with Gasteiger partial charge in [0.15, 0.2) is 6.61 Å². The van der Waals surface area contributed by atoms with E-state index in [2.05, 4.69) is 62.7 Å². The summed E-state index contributed by atoms with van der Waals surface area (Å²) in [5.41, 5.74) is 3.76. The van der Waals surface area contributed by atoms with E-state index in [-0.39, 0.29) is 6.04 Å². The van der Waals surface area contributed by atoms with Crippen LogP contribution in [0.2, 0.25) is 0 Å². The van der Waals surface area contributed by atoms with Gasteiger partial charge in [-0.3, -0.25) is 4.98 Å². The third-order valence-electron chi connectivity index (χ3n) is 4.87. The molecule has 1 atom stereocenters. The lowest BCUT2D eigenvalue weighted by Crippen LogP contribution is -2.19. The second-order valence-electron chi connectivity index (χ2n) is 7.13. The molecule has 2 heterocycles. The Bertz CT molecular complexity index is 995. The molecule has 0 radical (unpaired) electrons. The maximum atomic E-state index is 5.70. The van der Waals surface area contributed by atoms with E-state index in [0.717, 1.165) is 29.0 Å². The molecule has 0 N–H and O–H groups in total. The van der Waals surface area contributed by atoms with Gasteiger partial charge in [0.1, 0.15) is 5.71 Å². The average molecular weight is 384 g/mol. The third kappa shape index (κ3) is 5.11. The number of hydrogen-bond donors (Lipinski definition) is 0. The van der Waals surface area contributed by atoms with Crippen LogP contribution < -0.4 is 0 Å². The summed E-state index contributed by atoms with van der Waals surface area (Å²) in [4.78, 5) is 14.2. The molecule has 1 aromatic carbocycles. The van der Waals surface area contributed by atoms with Crippen LogP contribution in [0.1, 0.15) is 49.0 Å². The lowest BCUT2D eigenvalue weighted by atomic mass is 10.00. The van der Waals surface area contributed by atoms with Crippen molar-refractivity contribution in [2.75, 3.05) is 0 Å². The molecule has 1 aliphatic carbocycles. The van der Waals surface area contributed by atoms with Gasteiger partial charge in [-0.25, -0.2) is 4.98 Å². The quantitative estimate of drug-likeness (QED) is 0.339. The summed E-state index contributed by atoms with van der Waals surface area (Å²) < 4.78 is 2.06. The van der Waals surface area contributed by atoms with Crippen molar-refractivity contribution in [2.45, 2.75) is 38.8 Å². The Labute approximate surface area is 171 Å². The normalized spacial score (nSPS) is 14.7. The Morgan fingerprint density at radius 1 is 1.21 bits per heavy atom. The molecule has 5 heteroatoms. The molecule has 0 spiro atoms. The Balaban J connectivity index is 1.58. The smallest absolute Gasteiger partial charge is 0.159 e. The van der Waals surface area contributed by atoms with Gasteiger partial charge in [-0.15, -0.1) is 0 Å². The van der Waals surface area contributed by atoms with E-state index in [4.69, 9.17) is 4.84 Å². The second-order valence-corrected chi connectivity index (χ2v) is 7.13. The Morgan fingerprint density at radius 3 is 2.72 bits per heavy atom. The second kappa shape index (κ2) is 9.20. The molecule has 5 nitrogen and oxygen atoms in total. The van der Waals surface area contributed by atoms with E-state index in [1.165, 1.54) is 12.8 Å². The molecule has 29 heavy (non-hydrogen) atoms. The van der Waals surface area contributed by atoms with Crippen molar-refractivity contribution >= 4 is 5.71 Å². The maximum Gasteiger partial charge on any atom is 0.159 e. The first-order valence-electron chi connectivity index (χ1n) is 10.0. The molecule has 1 saturated carbocycles. The number of hydrogen-bond acceptors (Lipinski definition) is 4. The molecule has 1 fully saturated rings. The molecular formula is C24H24N4O. The van der Waals surface area contributed by atoms with Crippen LogP contribution in [0.25, 0.3) is 0 Å². The molecule has 3 aromatic rings. The van der Waals surface area contributed by atoms with E-state index in [0.29, 0.717) is 12.5 Å². The van der Waals surface area contributed by atoms with E-state index in [1.807, 2.05) is 30.7 Å². The first kappa shape index (κ1) is 18.9. The van der Waals surface area contributed by atoms with Crippen LogP contribution in [0.5, 0.6) is 0 Å². The number of imidazole rings is 1. The molecule has 0 aliphatic heterocycles. The summed E-state index contributed by atoms with van der Waals surface area (Å²) in [6.45, 7) is 2.46. The summed E-state index contributed by atoms with van der Waals surface area (Å²) >= 11 is 0. The van der Waals surface area contributed by atoms with Crippen LogP contribution in [0.3, 0.4) is 0 Å². The van der Waals surface area contributed by atoms with Gasteiger partial charge in [0.25, 0.3) is 0 Å². The van der Waals surface area contributed by atoms with E-state index in [9.17, 15) is 0 Å². The van der Waals surface area contributed by atoms with Gasteiger partial charge in [-0.2, -0.15) is 0 Å². The fraction of sp³-hybridized carbons (Fsp3) is 0.292. The van der Waals surface area contributed by atoms with Crippen molar-refractivity contribution in [3.05, 3.63) is 84.2 Å². The first-order valence-corrected chi connectivity index (χ1v) is 10.0. The molecular weight excluding hydrogens is 360 g/mol. The first-order chi connectivity index (χ1) is 14.3. The SMILES string of the molecule is CCC(/C(=N\OCc1ccccn1)c1ccc(C#CC2CC2)cc1)n1ccnc1. The number of aromatic nitrogens is 3. The highest BCUT2D eigenvalue weighted by molar-refractivity contribution is 6.03. The minimum absolute atomic E-state index is 0.0321. The summed E-state index contributed by atoms with van der Waals surface area (Å²) in [5.74, 6) is 7.16. The molecule has 0 saturated heterocycles. The highest BCUT2D eigenvalue weighted by Crippen LogP contribution is 2.27. The number of pyridine rings is 1. The van der Waals surface area contributed by atoms with E-state index >= 15 is 0 Å². The average Bonchev–Trinajstić information content (AvgIpc) is 3.45. The van der Waals surface area contributed by atoms with E-state index < -0.39 is 0 Å². The van der Waals surface area contributed by atoms with Crippen LogP contribution in [0.4, 0.5) is 0 Å². The Hall–Kier alpha value is -3.39. The van der Waals surface area contributed by atoms with Crippen LogP contribution in [0.15, 0.2) is 72.5 Å². The Kier molecular flexibility index (Phi) is 6.01. The topological polar surface area (TPSA) is 52.3 Å².